The Labute approximate surface area is 148 Å². The molecule has 3 aliphatic heterocycles. The Hall–Kier alpha value is -1.89. The molecule has 0 unspecified atom stereocenters. The monoisotopic (exact) mass is 348 g/mol. The van der Waals surface area contributed by atoms with Gasteiger partial charge >= 0.3 is 0 Å². The van der Waals surface area contributed by atoms with Gasteiger partial charge in [-0.25, -0.2) is 0 Å². The fraction of sp³-hybridized carbons (Fsp3) is 0.722. The molecule has 0 bridgehead atoms. The summed E-state index contributed by atoms with van der Waals surface area (Å²) in [5, 5.41) is 0. The van der Waals surface area contributed by atoms with Crippen LogP contribution in [-0.4, -0.2) is 55.4 Å². The molecule has 7 heteroatoms. The molecule has 138 valence electrons. The van der Waals surface area contributed by atoms with Crippen molar-refractivity contribution >= 4 is 17.6 Å². The van der Waals surface area contributed by atoms with E-state index in [9.17, 15) is 9.59 Å². The van der Waals surface area contributed by atoms with Gasteiger partial charge in [-0.3, -0.25) is 25.4 Å². The van der Waals surface area contributed by atoms with E-state index in [4.69, 9.17) is 4.74 Å². The van der Waals surface area contributed by atoms with Crippen molar-refractivity contribution in [2.24, 2.45) is 16.8 Å². The number of aliphatic imine (C=N–C) groups is 1. The molecule has 2 fully saturated rings. The minimum atomic E-state index is -0.112. The van der Waals surface area contributed by atoms with Gasteiger partial charge in [0.15, 0.2) is 0 Å². The van der Waals surface area contributed by atoms with Gasteiger partial charge in [-0.1, -0.05) is 6.08 Å². The maximum absolute atomic E-state index is 12.3. The summed E-state index contributed by atoms with van der Waals surface area (Å²) in [6.07, 6.45) is 9.08. The Morgan fingerprint density at radius 2 is 1.92 bits per heavy atom. The Morgan fingerprint density at radius 1 is 1.16 bits per heavy atom. The molecule has 0 spiro atoms. The molecular weight excluding hydrogens is 320 g/mol. The zero-order chi connectivity index (χ0) is 17.5. The summed E-state index contributed by atoms with van der Waals surface area (Å²) < 4.78 is 5.29. The molecule has 2 amide bonds. The SMILES string of the molecule is O=C(CC1CCOCC1)NNC(=O)C1CCN(C2=NCCC=C2)CC1. The molecule has 0 radical (unpaired) electrons. The number of hydrogen-bond acceptors (Lipinski definition) is 5. The molecule has 0 atom stereocenters. The van der Waals surface area contributed by atoms with E-state index in [0.717, 1.165) is 70.8 Å². The van der Waals surface area contributed by atoms with Gasteiger partial charge < -0.3 is 9.64 Å². The molecular formula is C18H28N4O3. The fourth-order valence-corrected chi connectivity index (χ4v) is 3.57. The number of nitrogens with zero attached hydrogens (tertiary/aromatic N) is 2. The van der Waals surface area contributed by atoms with Crippen LogP contribution in [0.2, 0.25) is 0 Å². The van der Waals surface area contributed by atoms with Crippen LogP contribution in [0.3, 0.4) is 0 Å². The average Bonchev–Trinajstić information content (AvgIpc) is 2.68. The van der Waals surface area contributed by atoms with Crippen molar-refractivity contribution in [1.29, 1.82) is 0 Å². The van der Waals surface area contributed by atoms with Gasteiger partial charge in [0, 0.05) is 45.2 Å². The molecule has 0 aromatic carbocycles. The molecule has 25 heavy (non-hydrogen) atoms. The molecule has 0 saturated carbocycles. The number of ether oxygens (including phenoxy) is 1. The zero-order valence-corrected chi connectivity index (χ0v) is 14.7. The molecule has 2 N–H and O–H groups in total. The molecule has 3 heterocycles. The van der Waals surface area contributed by atoms with Crippen LogP contribution in [0.5, 0.6) is 0 Å². The fourth-order valence-electron chi connectivity index (χ4n) is 3.57. The van der Waals surface area contributed by atoms with Gasteiger partial charge in [0.05, 0.1) is 0 Å². The molecule has 3 aliphatic rings. The topological polar surface area (TPSA) is 83.0 Å². The lowest BCUT2D eigenvalue weighted by Crippen LogP contribution is -2.48. The summed E-state index contributed by atoms with van der Waals surface area (Å²) in [6, 6.07) is 0. The van der Waals surface area contributed by atoms with Crippen LogP contribution >= 0.6 is 0 Å². The van der Waals surface area contributed by atoms with Crippen molar-refractivity contribution < 1.29 is 14.3 Å². The predicted octanol–water partition coefficient (Wildman–Crippen LogP) is 1.02. The molecule has 3 rings (SSSR count). The van der Waals surface area contributed by atoms with Crippen LogP contribution in [0.1, 0.15) is 38.5 Å². The van der Waals surface area contributed by atoms with Crippen LogP contribution in [0.4, 0.5) is 0 Å². The van der Waals surface area contributed by atoms with Crippen LogP contribution in [0.25, 0.3) is 0 Å². The number of hydrazine groups is 1. The number of amides is 2. The number of nitrogens with one attached hydrogen (secondary N) is 2. The van der Waals surface area contributed by atoms with Crippen LogP contribution in [0, 0.1) is 11.8 Å². The van der Waals surface area contributed by atoms with Crippen molar-refractivity contribution in [1.82, 2.24) is 15.8 Å². The zero-order valence-electron chi connectivity index (χ0n) is 14.7. The van der Waals surface area contributed by atoms with E-state index < -0.39 is 0 Å². The highest BCUT2D eigenvalue weighted by Crippen LogP contribution is 2.19. The van der Waals surface area contributed by atoms with Gasteiger partial charge in [0.2, 0.25) is 11.8 Å². The van der Waals surface area contributed by atoms with Crippen LogP contribution < -0.4 is 10.9 Å². The number of hydrogen-bond donors (Lipinski definition) is 2. The van der Waals surface area contributed by atoms with E-state index in [2.05, 4.69) is 32.9 Å². The third-order valence-electron chi connectivity index (χ3n) is 5.17. The third-order valence-corrected chi connectivity index (χ3v) is 5.17. The Morgan fingerprint density at radius 3 is 2.60 bits per heavy atom. The first-order chi connectivity index (χ1) is 12.2. The average molecular weight is 348 g/mol. The number of carbonyl (C=O) groups excluding carboxylic acids is 2. The van der Waals surface area contributed by atoms with Gasteiger partial charge in [-0.15, -0.1) is 0 Å². The highest BCUT2D eigenvalue weighted by Gasteiger charge is 2.26. The summed E-state index contributed by atoms with van der Waals surface area (Å²) in [6.45, 7) is 3.96. The third kappa shape index (κ3) is 5.29. The lowest BCUT2D eigenvalue weighted by molar-refractivity contribution is -0.132. The first kappa shape index (κ1) is 17.9. The number of rotatable bonds is 3. The van der Waals surface area contributed by atoms with E-state index >= 15 is 0 Å². The largest absolute Gasteiger partial charge is 0.381 e. The lowest BCUT2D eigenvalue weighted by atomic mass is 9.95. The number of piperidine rings is 1. The van der Waals surface area contributed by atoms with E-state index in [1.165, 1.54) is 0 Å². The van der Waals surface area contributed by atoms with Crippen molar-refractivity contribution in [3.8, 4) is 0 Å². The van der Waals surface area contributed by atoms with Crippen molar-refractivity contribution in [3.63, 3.8) is 0 Å². The quantitative estimate of drug-likeness (QED) is 0.746. The number of carbonyl (C=O) groups is 2. The van der Waals surface area contributed by atoms with Crippen molar-refractivity contribution in [3.05, 3.63) is 12.2 Å². The normalized spacial score (nSPS) is 22.4. The lowest BCUT2D eigenvalue weighted by Gasteiger charge is -2.33. The van der Waals surface area contributed by atoms with Gasteiger partial charge in [0.25, 0.3) is 0 Å². The smallest absolute Gasteiger partial charge is 0.241 e. The summed E-state index contributed by atoms with van der Waals surface area (Å²) in [4.78, 5) is 31.0. The Bertz CT molecular complexity index is 532. The first-order valence-corrected chi connectivity index (χ1v) is 9.35. The van der Waals surface area contributed by atoms with Gasteiger partial charge in [-0.2, -0.15) is 0 Å². The predicted molar refractivity (Wildman–Crippen MR) is 94.8 cm³/mol. The van der Waals surface area contributed by atoms with Crippen molar-refractivity contribution in [2.45, 2.75) is 38.5 Å². The second kappa shape index (κ2) is 8.99. The van der Waals surface area contributed by atoms with Gasteiger partial charge in [-0.05, 0) is 44.1 Å². The van der Waals surface area contributed by atoms with E-state index in [1.807, 2.05) is 0 Å². The van der Waals surface area contributed by atoms with Crippen LogP contribution in [0.15, 0.2) is 17.1 Å². The van der Waals surface area contributed by atoms with Crippen molar-refractivity contribution in [2.75, 3.05) is 32.8 Å². The second-order valence-electron chi connectivity index (χ2n) is 6.99. The van der Waals surface area contributed by atoms with E-state index in [1.54, 1.807) is 0 Å². The number of amidine groups is 1. The van der Waals surface area contributed by atoms with Crippen LogP contribution in [-0.2, 0) is 14.3 Å². The maximum Gasteiger partial charge on any atom is 0.241 e. The summed E-state index contributed by atoms with van der Waals surface area (Å²) in [5.74, 6) is 1.15. The summed E-state index contributed by atoms with van der Waals surface area (Å²) in [7, 11) is 0. The Balaban J connectivity index is 1.35. The van der Waals surface area contributed by atoms with Gasteiger partial charge in [0.1, 0.15) is 5.84 Å². The molecule has 7 nitrogen and oxygen atoms in total. The highest BCUT2D eigenvalue weighted by atomic mass is 16.5. The summed E-state index contributed by atoms with van der Waals surface area (Å²) >= 11 is 0. The van der Waals surface area contributed by atoms with E-state index in [-0.39, 0.29) is 17.7 Å². The minimum absolute atomic E-state index is 0.0483. The number of dihydropyridines is 1. The minimum Gasteiger partial charge on any atom is -0.381 e. The molecule has 0 aliphatic carbocycles. The first-order valence-electron chi connectivity index (χ1n) is 9.35. The standard InChI is InChI=1S/C18H28N4O3/c23-17(13-14-6-11-25-12-7-14)20-21-18(24)15-4-9-22(10-5-15)16-3-1-2-8-19-16/h1,3,14-15H,2,4-13H2,(H,20,23)(H,21,24). The Kier molecular flexibility index (Phi) is 6.44. The maximum atomic E-state index is 12.3. The molecule has 0 aromatic rings. The second-order valence-corrected chi connectivity index (χ2v) is 6.99. The summed E-state index contributed by atoms with van der Waals surface area (Å²) in [5.41, 5.74) is 5.18. The molecule has 2 saturated heterocycles. The molecule has 0 aromatic heterocycles. The van der Waals surface area contributed by atoms with E-state index in [0.29, 0.717) is 12.3 Å². The highest BCUT2D eigenvalue weighted by molar-refractivity contribution is 5.93. The number of likely N-dealkylation sites (tertiary alicyclic amines) is 1.